The monoisotopic (exact) mass is 410 g/mol. The molecule has 0 saturated heterocycles. The van der Waals surface area contributed by atoms with Crippen LogP contribution in [0, 0.1) is 17.0 Å². The molecule has 0 amide bonds. The maximum atomic E-state index is 11.8. The molecule has 0 spiro atoms. The van der Waals surface area contributed by atoms with Crippen LogP contribution >= 0.6 is 46.7 Å². The molecule has 0 atom stereocenters. The van der Waals surface area contributed by atoms with Crippen molar-refractivity contribution in [3.05, 3.63) is 84.3 Å². The normalized spacial score (nSPS) is 14.5. The Labute approximate surface area is 163 Å². The summed E-state index contributed by atoms with van der Waals surface area (Å²) < 4.78 is -0.136. The van der Waals surface area contributed by atoms with Crippen molar-refractivity contribution in [1.82, 2.24) is 0 Å². The summed E-state index contributed by atoms with van der Waals surface area (Å²) in [6.45, 7) is 1.97. The maximum absolute atomic E-state index is 11.8. The summed E-state index contributed by atoms with van der Waals surface area (Å²) in [5.41, 5.74) is 1.79. The van der Waals surface area contributed by atoms with Crippen molar-refractivity contribution in [1.29, 1.82) is 0 Å². The van der Waals surface area contributed by atoms with Gasteiger partial charge in [0.05, 0.1) is 10.6 Å². The average Bonchev–Trinajstić information content (AvgIpc) is 2.99. The molecule has 0 fully saturated rings. The van der Waals surface area contributed by atoms with Crippen molar-refractivity contribution in [2.75, 3.05) is 5.32 Å². The first kappa shape index (κ1) is 18.2. The molecule has 25 heavy (non-hydrogen) atoms. The second kappa shape index (κ2) is 7.74. The first-order valence-electron chi connectivity index (χ1n) is 7.18. The average molecular weight is 411 g/mol. The fourth-order valence-corrected chi connectivity index (χ4v) is 4.56. The van der Waals surface area contributed by atoms with Gasteiger partial charge in [0.25, 0.3) is 0 Å². The molecule has 1 N–H and O–H groups in total. The van der Waals surface area contributed by atoms with E-state index in [2.05, 4.69) is 5.32 Å². The lowest BCUT2D eigenvalue weighted by Gasteiger charge is -2.08. The Morgan fingerprint density at radius 2 is 1.84 bits per heavy atom. The highest BCUT2D eigenvalue weighted by molar-refractivity contribution is 8.04. The van der Waals surface area contributed by atoms with E-state index in [-0.39, 0.29) is 15.1 Å². The van der Waals surface area contributed by atoms with Crippen LogP contribution in [0.2, 0.25) is 0 Å². The minimum absolute atomic E-state index is 0.133. The quantitative estimate of drug-likeness (QED) is 0.359. The Balaban J connectivity index is 2.01. The van der Waals surface area contributed by atoms with E-state index in [9.17, 15) is 10.1 Å². The van der Waals surface area contributed by atoms with Crippen molar-refractivity contribution in [2.24, 2.45) is 0 Å². The summed E-state index contributed by atoms with van der Waals surface area (Å²) >= 11 is 14.5. The highest BCUT2D eigenvalue weighted by Crippen LogP contribution is 2.46. The number of para-hydroxylation sites is 1. The highest BCUT2D eigenvalue weighted by atomic mass is 35.5. The predicted molar refractivity (Wildman–Crippen MR) is 106 cm³/mol. The lowest BCUT2D eigenvalue weighted by Crippen LogP contribution is -2.07. The Hall–Kier alpha value is -1.60. The van der Waals surface area contributed by atoms with Gasteiger partial charge in [-0.2, -0.15) is 0 Å². The molecule has 0 saturated carbocycles. The summed E-state index contributed by atoms with van der Waals surface area (Å²) in [5.74, 6) is 0. The van der Waals surface area contributed by atoms with Crippen LogP contribution in [0.5, 0.6) is 0 Å². The fraction of sp³-hybridized carbons (Fsp3) is 0.0588. The van der Waals surface area contributed by atoms with Crippen molar-refractivity contribution in [3.63, 3.8) is 0 Å². The number of halogens is 2. The zero-order valence-electron chi connectivity index (χ0n) is 13.0. The predicted octanol–water partition coefficient (Wildman–Crippen LogP) is 6.40. The Morgan fingerprint density at radius 1 is 1.16 bits per heavy atom. The summed E-state index contributed by atoms with van der Waals surface area (Å²) in [5, 5.41) is 15.2. The van der Waals surface area contributed by atoms with Gasteiger partial charge in [0, 0.05) is 9.79 Å². The van der Waals surface area contributed by atoms with Crippen LogP contribution in [-0.4, -0.2) is 4.92 Å². The van der Waals surface area contributed by atoms with Gasteiger partial charge in [0.1, 0.15) is 9.40 Å². The van der Waals surface area contributed by atoms with Crippen LogP contribution in [0.4, 0.5) is 5.69 Å². The van der Waals surface area contributed by atoms with Crippen molar-refractivity contribution >= 4 is 52.4 Å². The largest absolute Gasteiger partial charge is 0.343 e. The number of hydrogen-bond donors (Lipinski definition) is 1. The lowest BCUT2D eigenvalue weighted by atomic mass is 10.2. The molecule has 1 heterocycles. The number of thioether (sulfide) groups is 2. The lowest BCUT2D eigenvalue weighted by molar-refractivity contribution is -0.420. The summed E-state index contributed by atoms with van der Waals surface area (Å²) in [6, 6.07) is 15.1. The van der Waals surface area contributed by atoms with E-state index in [1.54, 1.807) is 0 Å². The molecular formula is C17H12Cl2N2O2S2. The minimum atomic E-state index is -0.456. The standard InChI is InChI=1S/C17H12Cl2N2O2S2/c1-10-6-8-11(9-7-10)24-15(16(18)19)14(21(22)23)17-20-12-4-2-3-5-13(12)25-17/h2-9,20H,1H3. The molecule has 0 bridgehead atoms. The van der Waals surface area contributed by atoms with E-state index in [1.807, 2.05) is 55.5 Å². The van der Waals surface area contributed by atoms with Crippen LogP contribution in [0.1, 0.15) is 5.56 Å². The molecule has 0 aromatic heterocycles. The van der Waals surface area contributed by atoms with Crippen LogP contribution < -0.4 is 5.32 Å². The number of nitrogens with one attached hydrogen (secondary N) is 1. The van der Waals surface area contributed by atoms with E-state index >= 15 is 0 Å². The van der Waals surface area contributed by atoms with E-state index in [0.29, 0.717) is 5.03 Å². The number of nitrogens with zero attached hydrogens (tertiary/aromatic N) is 1. The van der Waals surface area contributed by atoms with Crippen molar-refractivity contribution in [2.45, 2.75) is 16.7 Å². The van der Waals surface area contributed by atoms with Crippen LogP contribution in [-0.2, 0) is 0 Å². The van der Waals surface area contributed by atoms with E-state index in [4.69, 9.17) is 23.2 Å². The van der Waals surface area contributed by atoms with Crippen LogP contribution in [0.15, 0.2) is 78.4 Å². The molecule has 2 aromatic carbocycles. The van der Waals surface area contributed by atoms with Gasteiger partial charge in [-0.15, -0.1) is 0 Å². The number of nitro groups is 1. The Morgan fingerprint density at radius 3 is 2.44 bits per heavy atom. The SMILES string of the molecule is Cc1ccc(SC(=C(Cl)Cl)C(=C2Nc3ccccc3S2)[N+](=O)[O-])cc1. The van der Waals surface area contributed by atoms with Gasteiger partial charge >= 0.3 is 5.70 Å². The van der Waals surface area contributed by atoms with Gasteiger partial charge in [-0.05, 0) is 31.2 Å². The third-order valence-electron chi connectivity index (χ3n) is 3.37. The summed E-state index contributed by atoms with van der Waals surface area (Å²) in [6.07, 6.45) is 0. The van der Waals surface area contributed by atoms with Gasteiger partial charge in [-0.1, -0.05) is 76.6 Å². The number of fused-ring (bicyclic) bond motifs is 1. The summed E-state index contributed by atoms with van der Waals surface area (Å²) in [4.78, 5) is 13.2. The molecule has 128 valence electrons. The second-order valence-corrected chi connectivity index (χ2v) is 8.25. The Bertz CT molecular complexity index is 865. The van der Waals surface area contributed by atoms with Crippen LogP contribution in [0.25, 0.3) is 0 Å². The smallest absolute Gasteiger partial charge is 0.315 e. The second-order valence-electron chi connectivity index (χ2n) is 5.16. The minimum Gasteiger partial charge on any atom is -0.343 e. The molecule has 0 unspecified atom stereocenters. The molecule has 1 aliphatic heterocycles. The maximum Gasteiger partial charge on any atom is 0.315 e. The third-order valence-corrected chi connectivity index (χ3v) is 6.16. The molecule has 0 aliphatic carbocycles. The molecular weight excluding hydrogens is 399 g/mol. The fourth-order valence-electron chi connectivity index (χ4n) is 2.19. The molecule has 2 aromatic rings. The molecule has 4 nitrogen and oxygen atoms in total. The molecule has 8 heteroatoms. The van der Waals surface area contributed by atoms with E-state index in [0.717, 1.165) is 21.0 Å². The van der Waals surface area contributed by atoms with Gasteiger partial charge in [0.15, 0.2) is 5.03 Å². The zero-order chi connectivity index (χ0) is 18.0. The van der Waals surface area contributed by atoms with E-state index < -0.39 is 4.92 Å². The highest BCUT2D eigenvalue weighted by Gasteiger charge is 2.31. The summed E-state index contributed by atoms with van der Waals surface area (Å²) in [7, 11) is 0. The number of rotatable bonds is 4. The zero-order valence-corrected chi connectivity index (χ0v) is 16.1. The number of hydrogen-bond acceptors (Lipinski definition) is 5. The first-order valence-corrected chi connectivity index (χ1v) is 9.57. The topological polar surface area (TPSA) is 55.2 Å². The van der Waals surface area contributed by atoms with Gasteiger partial charge in [0.2, 0.25) is 0 Å². The number of benzene rings is 2. The molecule has 1 aliphatic rings. The third kappa shape index (κ3) is 4.15. The van der Waals surface area contributed by atoms with Crippen molar-refractivity contribution in [3.8, 4) is 0 Å². The van der Waals surface area contributed by atoms with Gasteiger partial charge < -0.3 is 5.32 Å². The van der Waals surface area contributed by atoms with Crippen LogP contribution in [0.3, 0.4) is 0 Å². The van der Waals surface area contributed by atoms with Gasteiger partial charge in [-0.25, -0.2) is 0 Å². The van der Waals surface area contributed by atoms with E-state index in [1.165, 1.54) is 23.5 Å². The molecule has 0 radical (unpaired) electrons. The van der Waals surface area contributed by atoms with Crippen molar-refractivity contribution < 1.29 is 4.92 Å². The molecule has 3 rings (SSSR count). The number of aryl methyl sites for hydroxylation is 1. The van der Waals surface area contributed by atoms with Gasteiger partial charge in [-0.3, -0.25) is 10.1 Å². The Kier molecular flexibility index (Phi) is 5.64. The first-order chi connectivity index (χ1) is 12.0. The number of anilines is 1.